The van der Waals surface area contributed by atoms with Gasteiger partial charge in [0.05, 0.1) is 6.61 Å². The van der Waals surface area contributed by atoms with Gasteiger partial charge < -0.3 is 25.9 Å². The first-order chi connectivity index (χ1) is 9.67. The van der Waals surface area contributed by atoms with E-state index < -0.39 is 0 Å². The van der Waals surface area contributed by atoms with Crippen molar-refractivity contribution in [1.29, 1.82) is 0 Å². The molecule has 0 saturated carbocycles. The quantitative estimate of drug-likeness (QED) is 0.214. The van der Waals surface area contributed by atoms with Gasteiger partial charge >= 0.3 is 6.09 Å². The molecule has 7 nitrogen and oxygen atoms in total. The van der Waals surface area contributed by atoms with E-state index in [0.29, 0.717) is 19.1 Å². The molecule has 4 N–H and O–H groups in total. The average Bonchev–Trinajstić information content (AvgIpc) is 2.47. The van der Waals surface area contributed by atoms with Gasteiger partial charge in [0, 0.05) is 25.6 Å². The number of nitrogens with zero attached hydrogens (tertiary/aromatic N) is 2. The van der Waals surface area contributed by atoms with E-state index in [1.54, 1.807) is 4.90 Å². The first-order valence-electron chi connectivity index (χ1n) is 7.28. The molecule has 0 radical (unpaired) electrons. The summed E-state index contributed by atoms with van der Waals surface area (Å²) in [5, 5.41) is 14.8. The molecule has 20 heavy (non-hydrogen) atoms. The predicted octanol–water partition coefficient (Wildman–Crippen LogP) is 1.11. The Morgan fingerprint density at radius 3 is 2.75 bits per heavy atom. The van der Waals surface area contributed by atoms with Crippen molar-refractivity contribution < 1.29 is 14.7 Å². The standard InChI is InChI=1S/C13H26N4O3/c1-2-20-13(18)17-9-6-11(7-10-17)15-8-4-3-5-12(14)16-19/h11,15,19H,2-10H2,1H3,(H2,14,16). The van der Waals surface area contributed by atoms with Gasteiger partial charge in [-0.1, -0.05) is 5.16 Å². The summed E-state index contributed by atoms with van der Waals surface area (Å²) < 4.78 is 4.99. The number of oxime groups is 1. The number of piperidine rings is 1. The number of amidine groups is 1. The topological polar surface area (TPSA) is 100 Å². The zero-order valence-corrected chi connectivity index (χ0v) is 12.2. The summed E-state index contributed by atoms with van der Waals surface area (Å²) in [6, 6.07) is 0.463. The van der Waals surface area contributed by atoms with E-state index in [9.17, 15) is 4.79 Å². The molecule has 1 heterocycles. The molecule has 1 amide bonds. The molecule has 0 spiro atoms. The van der Waals surface area contributed by atoms with Crippen molar-refractivity contribution in [3.05, 3.63) is 0 Å². The Hall–Kier alpha value is -1.50. The molecule has 0 aromatic rings. The van der Waals surface area contributed by atoms with Gasteiger partial charge in [0.2, 0.25) is 0 Å². The van der Waals surface area contributed by atoms with Crippen molar-refractivity contribution in [3.8, 4) is 0 Å². The molecular weight excluding hydrogens is 260 g/mol. The van der Waals surface area contributed by atoms with E-state index in [1.807, 2.05) is 6.92 Å². The fraction of sp³-hybridized carbons (Fsp3) is 0.846. The summed E-state index contributed by atoms with van der Waals surface area (Å²) in [5.74, 6) is 0.285. The third kappa shape index (κ3) is 6.10. The Balaban J connectivity index is 2.06. The lowest BCUT2D eigenvalue weighted by molar-refractivity contribution is 0.0951. The minimum Gasteiger partial charge on any atom is -0.450 e. The molecule has 0 aromatic carbocycles. The van der Waals surface area contributed by atoms with Crippen LogP contribution in [0.25, 0.3) is 0 Å². The maximum absolute atomic E-state index is 11.5. The highest BCUT2D eigenvalue weighted by Crippen LogP contribution is 2.11. The summed E-state index contributed by atoms with van der Waals surface area (Å²) >= 11 is 0. The fourth-order valence-corrected chi connectivity index (χ4v) is 2.27. The minimum atomic E-state index is -0.204. The van der Waals surface area contributed by atoms with Crippen molar-refractivity contribution in [2.45, 2.75) is 45.1 Å². The minimum absolute atomic E-state index is 0.204. The molecular formula is C13H26N4O3. The van der Waals surface area contributed by atoms with E-state index >= 15 is 0 Å². The first kappa shape index (κ1) is 16.6. The maximum Gasteiger partial charge on any atom is 0.409 e. The number of hydrogen-bond acceptors (Lipinski definition) is 5. The highest BCUT2D eigenvalue weighted by molar-refractivity contribution is 5.79. The van der Waals surface area contributed by atoms with E-state index in [4.69, 9.17) is 15.7 Å². The van der Waals surface area contributed by atoms with Crippen LogP contribution in [0, 0.1) is 0 Å². The Morgan fingerprint density at radius 2 is 2.15 bits per heavy atom. The van der Waals surface area contributed by atoms with Crippen LogP contribution in [0.15, 0.2) is 5.16 Å². The Labute approximate surface area is 120 Å². The smallest absolute Gasteiger partial charge is 0.409 e. The van der Waals surface area contributed by atoms with Crippen molar-refractivity contribution >= 4 is 11.9 Å². The van der Waals surface area contributed by atoms with Crippen LogP contribution in [0.3, 0.4) is 0 Å². The molecule has 1 aliphatic heterocycles. The first-order valence-corrected chi connectivity index (χ1v) is 7.28. The van der Waals surface area contributed by atoms with E-state index in [0.717, 1.165) is 45.3 Å². The second-order valence-electron chi connectivity index (χ2n) is 4.96. The van der Waals surface area contributed by atoms with Crippen LogP contribution in [0.1, 0.15) is 39.0 Å². The van der Waals surface area contributed by atoms with Gasteiger partial charge in [0.1, 0.15) is 5.84 Å². The second kappa shape index (κ2) is 9.41. The zero-order chi connectivity index (χ0) is 14.8. The number of nitrogens with two attached hydrogens (primary N) is 1. The van der Waals surface area contributed by atoms with E-state index in [1.165, 1.54) is 0 Å². The molecule has 1 fully saturated rings. The second-order valence-corrected chi connectivity index (χ2v) is 4.96. The number of carbonyl (C=O) groups excluding carboxylic acids is 1. The predicted molar refractivity (Wildman–Crippen MR) is 76.9 cm³/mol. The summed E-state index contributed by atoms with van der Waals surface area (Å²) in [7, 11) is 0. The number of likely N-dealkylation sites (tertiary alicyclic amines) is 1. The van der Waals surface area contributed by atoms with Crippen LogP contribution in [0.5, 0.6) is 0 Å². The molecule has 0 aromatic heterocycles. The summed E-state index contributed by atoms with van der Waals surface area (Å²) in [5.41, 5.74) is 5.40. The van der Waals surface area contributed by atoms with Crippen molar-refractivity contribution in [2.24, 2.45) is 10.9 Å². The van der Waals surface area contributed by atoms with Crippen LogP contribution in [0.2, 0.25) is 0 Å². The lowest BCUT2D eigenvalue weighted by Gasteiger charge is -2.31. The summed E-state index contributed by atoms with van der Waals surface area (Å²) in [6.07, 6.45) is 4.24. The van der Waals surface area contributed by atoms with Gasteiger partial charge in [-0.3, -0.25) is 0 Å². The molecule has 7 heteroatoms. The van der Waals surface area contributed by atoms with Crippen LogP contribution < -0.4 is 11.1 Å². The highest BCUT2D eigenvalue weighted by atomic mass is 16.6. The number of carbonyl (C=O) groups is 1. The van der Waals surface area contributed by atoms with Crippen LogP contribution in [0.4, 0.5) is 4.79 Å². The van der Waals surface area contributed by atoms with Crippen LogP contribution in [-0.4, -0.2) is 54.3 Å². The van der Waals surface area contributed by atoms with Gasteiger partial charge in [-0.2, -0.15) is 0 Å². The SMILES string of the molecule is CCOC(=O)N1CCC(NCCCCC(N)=NO)CC1. The third-order valence-corrected chi connectivity index (χ3v) is 3.44. The monoisotopic (exact) mass is 286 g/mol. The van der Waals surface area contributed by atoms with Gasteiger partial charge in [-0.25, -0.2) is 4.79 Å². The van der Waals surface area contributed by atoms with Crippen molar-refractivity contribution in [1.82, 2.24) is 10.2 Å². The molecule has 0 unspecified atom stereocenters. The summed E-state index contributed by atoms with van der Waals surface area (Å²) in [4.78, 5) is 13.3. The molecule has 0 bridgehead atoms. The number of ether oxygens (including phenoxy) is 1. The Bertz CT molecular complexity index is 315. The Morgan fingerprint density at radius 1 is 1.45 bits per heavy atom. The average molecular weight is 286 g/mol. The Kier molecular flexibility index (Phi) is 7.79. The number of amides is 1. The lowest BCUT2D eigenvalue weighted by atomic mass is 10.1. The molecule has 116 valence electrons. The van der Waals surface area contributed by atoms with Crippen LogP contribution >= 0.6 is 0 Å². The van der Waals surface area contributed by atoms with Crippen molar-refractivity contribution in [2.75, 3.05) is 26.2 Å². The van der Waals surface area contributed by atoms with Gasteiger partial charge in [0.25, 0.3) is 0 Å². The largest absolute Gasteiger partial charge is 0.450 e. The van der Waals surface area contributed by atoms with Gasteiger partial charge in [0.15, 0.2) is 0 Å². The molecule has 1 rings (SSSR count). The number of hydrogen-bond donors (Lipinski definition) is 3. The highest BCUT2D eigenvalue weighted by Gasteiger charge is 2.22. The van der Waals surface area contributed by atoms with E-state index in [2.05, 4.69) is 10.5 Å². The normalized spacial score (nSPS) is 17.2. The van der Waals surface area contributed by atoms with Crippen molar-refractivity contribution in [3.63, 3.8) is 0 Å². The molecule has 1 aliphatic rings. The number of rotatable bonds is 7. The maximum atomic E-state index is 11.5. The van der Waals surface area contributed by atoms with Gasteiger partial charge in [-0.15, -0.1) is 0 Å². The molecule has 1 saturated heterocycles. The number of unbranched alkanes of at least 4 members (excludes halogenated alkanes) is 1. The fourth-order valence-electron chi connectivity index (χ4n) is 2.27. The molecule has 0 aliphatic carbocycles. The van der Waals surface area contributed by atoms with Crippen LogP contribution in [-0.2, 0) is 4.74 Å². The van der Waals surface area contributed by atoms with Gasteiger partial charge in [-0.05, 0) is 39.2 Å². The van der Waals surface area contributed by atoms with E-state index in [-0.39, 0.29) is 11.9 Å². The number of nitrogens with one attached hydrogen (secondary N) is 1. The summed E-state index contributed by atoms with van der Waals surface area (Å²) in [6.45, 7) is 4.67. The lowest BCUT2D eigenvalue weighted by Crippen LogP contribution is -2.45. The zero-order valence-electron chi connectivity index (χ0n) is 12.2. The molecule has 0 atom stereocenters. The third-order valence-electron chi connectivity index (χ3n) is 3.44.